The molecule has 0 aliphatic rings. The third kappa shape index (κ3) is 3.15. The standard InChI is InChI=1S/C18H18O2/c1-3-14-8-10-15(11-9-14)12-17(18(19)20)16-7-5-4-6-13(16)2/h4-12H,3H2,1-2H3,(H,19,20)/b17-12+. The van der Waals surface area contributed by atoms with Crippen LogP contribution in [0.15, 0.2) is 48.5 Å². The molecule has 2 rings (SSSR count). The molecule has 0 radical (unpaired) electrons. The average Bonchev–Trinajstić information content (AvgIpc) is 2.46. The Balaban J connectivity index is 2.45. The molecule has 102 valence electrons. The zero-order valence-corrected chi connectivity index (χ0v) is 11.8. The largest absolute Gasteiger partial charge is 0.478 e. The summed E-state index contributed by atoms with van der Waals surface area (Å²) >= 11 is 0. The van der Waals surface area contributed by atoms with E-state index in [-0.39, 0.29) is 0 Å². The molecular formula is C18H18O2. The van der Waals surface area contributed by atoms with E-state index in [1.165, 1.54) is 5.56 Å². The molecule has 0 saturated carbocycles. The monoisotopic (exact) mass is 266 g/mol. The Bertz CT molecular complexity index is 637. The summed E-state index contributed by atoms with van der Waals surface area (Å²) in [5, 5.41) is 9.44. The van der Waals surface area contributed by atoms with E-state index in [0.29, 0.717) is 5.57 Å². The Labute approximate surface area is 119 Å². The molecule has 0 atom stereocenters. The summed E-state index contributed by atoms with van der Waals surface area (Å²) in [5.41, 5.74) is 4.20. The predicted molar refractivity (Wildman–Crippen MR) is 82.5 cm³/mol. The lowest BCUT2D eigenvalue weighted by Crippen LogP contribution is -2.01. The van der Waals surface area contributed by atoms with Crippen molar-refractivity contribution in [2.75, 3.05) is 0 Å². The minimum absolute atomic E-state index is 0.326. The zero-order valence-electron chi connectivity index (χ0n) is 11.8. The van der Waals surface area contributed by atoms with Crippen LogP contribution in [0.5, 0.6) is 0 Å². The molecule has 0 aromatic heterocycles. The summed E-state index contributed by atoms with van der Waals surface area (Å²) in [7, 11) is 0. The van der Waals surface area contributed by atoms with E-state index in [4.69, 9.17) is 0 Å². The van der Waals surface area contributed by atoms with E-state index < -0.39 is 5.97 Å². The molecule has 2 heteroatoms. The van der Waals surface area contributed by atoms with Crippen molar-refractivity contribution >= 4 is 17.6 Å². The normalized spacial score (nSPS) is 11.4. The van der Waals surface area contributed by atoms with Gasteiger partial charge in [0.1, 0.15) is 0 Å². The molecule has 1 N–H and O–H groups in total. The van der Waals surface area contributed by atoms with Gasteiger partial charge in [0.15, 0.2) is 0 Å². The number of carbonyl (C=O) groups is 1. The average molecular weight is 266 g/mol. The molecule has 2 nitrogen and oxygen atoms in total. The fraction of sp³-hybridized carbons (Fsp3) is 0.167. The Morgan fingerprint density at radius 3 is 2.30 bits per heavy atom. The van der Waals surface area contributed by atoms with Crippen molar-refractivity contribution in [1.29, 1.82) is 0 Å². The van der Waals surface area contributed by atoms with Crippen LogP contribution in [-0.4, -0.2) is 11.1 Å². The first-order chi connectivity index (χ1) is 9.61. The summed E-state index contributed by atoms with van der Waals surface area (Å²) in [6.45, 7) is 4.02. The number of aryl methyl sites for hydroxylation is 2. The zero-order chi connectivity index (χ0) is 14.5. The van der Waals surface area contributed by atoms with Gasteiger partial charge in [-0.1, -0.05) is 55.5 Å². The highest BCUT2D eigenvalue weighted by atomic mass is 16.4. The molecule has 0 amide bonds. The molecule has 2 aromatic carbocycles. The van der Waals surface area contributed by atoms with Gasteiger partial charge < -0.3 is 5.11 Å². The van der Waals surface area contributed by atoms with E-state index in [9.17, 15) is 9.90 Å². The Kier molecular flexibility index (Phi) is 4.36. The molecule has 0 heterocycles. The SMILES string of the molecule is CCc1ccc(/C=C(/C(=O)O)c2ccccc2C)cc1. The second-order valence-electron chi connectivity index (χ2n) is 4.77. The number of carboxylic acid groups (broad SMARTS) is 1. The number of aliphatic carboxylic acids is 1. The molecular weight excluding hydrogens is 248 g/mol. The first kappa shape index (κ1) is 14.1. The maximum Gasteiger partial charge on any atom is 0.336 e. The molecule has 20 heavy (non-hydrogen) atoms. The van der Waals surface area contributed by atoms with E-state index in [1.807, 2.05) is 55.5 Å². The van der Waals surface area contributed by atoms with E-state index in [1.54, 1.807) is 6.08 Å². The summed E-state index contributed by atoms with van der Waals surface area (Å²) < 4.78 is 0. The number of benzene rings is 2. The molecule has 0 aliphatic heterocycles. The van der Waals surface area contributed by atoms with Gasteiger partial charge in [0.25, 0.3) is 0 Å². The van der Waals surface area contributed by atoms with Crippen molar-refractivity contribution in [2.24, 2.45) is 0 Å². The minimum Gasteiger partial charge on any atom is -0.478 e. The topological polar surface area (TPSA) is 37.3 Å². The van der Waals surface area contributed by atoms with Crippen LogP contribution >= 0.6 is 0 Å². The van der Waals surface area contributed by atoms with Crippen molar-refractivity contribution in [3.63, 3.8) is 0 Å². The van der Waals surface area contributed by atoms with Crippen molar-refractivity contribution in [3.05, 3.63) is 70.8 Å². The second-order valence-corrected chi connectivity index (χ2v) is 4.77. The summed E-state index contributed by atoms with van der Waals surface area (Å²) in [6, 6.07) is 15.5. The second kappa shape index (κ2) is 6.20. The van der Waals surface area contributed by atoms with Crippen LogP contribution in [0, 0.1) is 6.92 Å². The van der Waals surface area contributed by atoms with Crippen LogP contribution in [0.25, 0.3) is 11.6 Å². The van der Waals surface area contributed by atoms with Crippen molar-refractivity contribution < 1.29 is 9.90 Å². The van der Waals surface area contributed by atoms with Crippen molar-refractivity contribution in [1.82, 2.24) is 0 Å². The number of hydrogen-bond donors (Lipinski definition) is 1. The summed E-state index contributed by atoms with van der Waals surface area (Å²) in [5.74, 6) is -0.904. The van der Waals surface area contributed by atoms with Crippen molar-refractivity contribution in [2.45, 2.75) is 20.3 Å². The van der Waals surface area contributed by atoms with Crippen LogP contribution in [0.1, 0.15) is 29.2 Å². The van der Waals surface area contributed by atoms with Crippen LogP contribution in [0.4, 0.5) is 0 Å². The van der Waals surface area contributed by atoms with Gasteiger partial charge in [-0.15, -0.1) is 0 Å². The van der Waals surface area contributed by atoms with Gasteiger partial charge in [0.2, 0.25) is 0 Å². The van der Waals surface area contributed by atoms with Gasteiger partial charge in [-0.05, 0) is 41.7 Å². The van der Waals surface area contributed by atoms with E-state index in [2.05, 4.69) is 6.92 Å². The van der Waals surface area contributed by atoms with Crippen molar-refractivity contribution in [3.8, 4) is 0 Å². The van der Waals surface area contributed by atoms with Crippen LogP contribution in [0.2, 0.25) is 0 Å². The minimum atomic E-state index is -0.904. The fourth-order valence-corrected chi connectivity index (χ4v) is 2.15. The summed E-state index contributed by atoms with van der Waals surface area (Å²) in [6.07, 6.45) is 2.71. The molecule has 0 saturated heterocycles. The maximum absolute atomic E-state index is 11.5. The maximum atomic E-state index is 11.5. The number of carboxylic acids is 1. The Hall–Kier alpha value is -2.35. The first-order valence-corrected chi connectivity index (χ1v) is 6.71. The molecule has 0 bridgehead atoms. The Morgan fingerprint density at radius 2 is 1.75 bits per heavy atom. The fourth-order valence-electron chi connectivity index (χ4n) is 2.15. The third-order valence-corrected chi connectivity index (χ3v) is 3.36. The van der Waals surface area contributed by atoms with Gasteiger partial charge in [-0.3, -0.25) is 0 Å². The molecule has 0 unspecified atom stereocenters. The van der Waals surface area contributed by atoms with Gasteiger partial charge in [0.05, 0.1) is 5.57 Å². The number of rotatable bonds is 4. The van der Waals surface area contributed by atoms with Gasteiger partial charge in [-0.25, -0.2) is 4.79 Å². The van der Waals surface area contributed by atoms with Crippen LogP contribution < -0.4 is 0 Å². The molecule has 0 aliphatic carbocycles. The Morgan fingerprint density at radius 1 is 1.10 bits per heavy atom. The van der Waals surface area contributed by atoms with Crippen LogP contribution in [-0.2, 0) is 11.2 Å². The van der Waals surface area contributed by atoms with E-state index >= 15 is 0 Å². The molecule has 0 fully saturated rings. The highest BCUT2D eigenvalue weighted by Gasteiger charge is 2.12. The predicted octanol–water partition coefficient (Wildman–Crippen LogP) is 4.18. The lowest BCUT2D eigenvalue weighted by Gasteiger charge is -2.07. The highest BCUT2D eigenvalue weighted by Crippen LogP contribution is 2.22. The lowest BCUT2D eigenvalue weighted by atomic mass is 9.98. The quantitative estimate of drug-likeness (QED) is 0.665. The highest BCUT2D eigenvalue weighted by molar-refractivity contribution is 6.21. The number of hydrogen-bond acceptors (Lipinski definition) is 1. The third-order valence-electron chi connectivity index (χ3n) is 3.36. The van der Waals surface area contributed by atoms with Crippen LogP contribution in [0.3, 0.4) is 0 Å². The molecule has 2 aromatic rings. The van der Waals surface area contributed by atoms with Gasteiger partial charge in [0, 0.05) is 0 Å². The smallest absolute Gasteiger partial charge is 0.336 e. The lowest BCUT2D eigenvalue weighted by molar-refractivity contribution is -0.130. The summed E-state index contributed by atoms with van der Waals surface area (Å²) in [4.78, 5) is 11.5. The first-order valence-electron chi connectivity index (χ1n) is 6.71. The van der Waals surface area contributed by atoms with Gasteiger partial charge >= 0.3 is 5.97 Å². The molecule has 0 spiro atoms. The van der Waals surface area contributed by atoms with Gasteiger partial charge in [-0.2, -0.15) is 0 Å². The van der Waals surface area contributed by atoms with E-state index in [0.717, 1.165) is 23.1 Å².